The van der Waals surface area contributed by atoms with Crippen LogP contribution < -0.4 is 4.90 Å². The highest BCUT2D eigenvalue weighted by atomic mass is 32.2. The van der Waals surface area contributed by atoms with Gasteiger partial charge in [0, 0.05) is 24.7 Å². The molecule has 2 heterocycles. The summed E-state index contributed by atoms with van der Waals surface area (Å²) in [7, 11) is 0. The largest absolute Gasteiger partial charge is 0.378 e. The first-order valence-corrected chi connectivity index (χ1v) is 10.4. The third-order valence-electron chi connectivity index (χ3n) is 5.01. The molecule has 160 valence electrons. The molecule has 2 amide bonds. The Morgan fingerprint density at radius 2 is 1.90 bits per heavy atom. The van der Waals surface area contributed by atoms with E-state index in [-0.39, 0.29) is 22.7 Å². The lowest BCUT2D eigenvalue weighted by Crippen LogP contribution is -2.36. The van der Waals surface area contributed by atoms with E-state index in [1.807, 2.05) is 4.90 Å². The second-order valence-electron chi connectivity index (χ2n) is 6.96. The minimum atomic E-state index is -0.557. The van der Waals surface area contributed by atoms with Gasteiger partial charge in [0.1, 0.15) is 11.5 Å². The second kappa shape index (κ2) is 8.86. The van der Waals surface area contributed by atoms with Crippen molar-refractivity contribution in [1.82, 2.24) is 4.90 Å². The van der Waals surface area contributed by atoms with E-state index in [0.717, 1.165) is 16.7 Å². The van der Waals surface area contributed by atoms with Gasteiger partial charge in [0.15, 0.2) is 0 Å². The fourth-order valence-electron chi connectivity index (χ4n) is 3.43. The van der Waals surface area contributed by atoms with Crippen LogP contribution >= 0.6 is 11.8 Å². The van der Waals surface area contributed by atoms with Crippen LogP contribution in [0.3, 0.4) is 0 Å². The van der Waals surface area contributed by atoms with Gasteiger partial charge in [-0.1, -0.05) is 24.3 Å². The summed E-state index contributed by atoms with van der Waals surface area (Å²) in [6, 6.07) is 10.6. The first-order chi connectivity index (χ1) is 14.9. The molecule has 0 aromatic heterocycles. The van der Waals surface area contributed by atoms with Gasteiger partial charge in [-0.05, 0) is 35.5 Å². The van der Waals surface area contributed by atoms with Crippen LogP contribution in [0.4, 0.5) is 20.6 Å². The minimum absolute atomic E-state index is 0.0822. The van der Waals surface area contributed by atoms with E-state index in [9.17, 15) is 24.1 Å². The molecule has 0 N–H and O–H groups in total. The van der Waals surface area contributed by atoms with Gasteiger partial charge in [0.2, 0.25) is 0 Å². The Balaban J connectivity index is 1.58. The molecule has 10 heteroatoms. The number of ether oxygens (including phenoxy) is 1. The van der Waals surface area contributed by atoms with Crippen molar-refractivity contribution in [3.05, 3.63) is 74.4 Å². The van der Waals surface area contributed by atoms with E-state index < -0.39 is 21.9 Å². The molecule has 0 aliphatic carbocycles. The Bertz CT molecular complexity index is 1080. The van der Waals surface area contributed by atoms with Crippen LogP contribution in [0, 0.1) is 15.9 Å². The molecule has 0 saturated carbocycles. The first kappa shape index (κ1) is 21.0. The monoisotopic (exact) mass is 443 g/mol. The van der Waals surface area contributed by atoms with Crippen LogP contribution in [-0.2, 0) is 16.1 Å². The van der Waals surface area contributed by atoms with Crippen molar-refractivity contribution in [3.8, 4) is 0 Å². The highest BCUT2D eigenvalue weighted by Crippen LogP contribution is 2.35. The summed E-state index contributed by atoms with van der Waals surface area (Å²) < 4.78 is 19.2. The molecule has 2 fully saturated rings. The molecule has 0 spiro atoms. The zero-order chi connectivity index (χ0) is 22.0. The van der Waals surface area contributed by atoms with Gasteiger partial charge >= 0.3 is 0 Å². The maximum Gasteiger partial charge on any atom is 0.293 e. The predicted molar refractivity (Wildman–Crippen MR) is 114 cm³/mol. The van der Waals surface area contributed by atoms with Crippen molar-refractivity contribution in [3.63, 3.8) is 0 Å². The number of carbonyl (C=O) groups excluding carboxylic acids is 2. The lowest BCUT2D eigenvalue weighted by atomic mass is 10.1. The minimum Gasteiger partial charge on any atom is -0.378 e. The first-order valence-electron chi connectivity index (χ1n) is 9.54. The van der Waals surface area contributed by atoms with Gasteiger partial charge < -0.3 is 9.64 Å². The lowest BCUT2D eigenvalue weighted by Gasteiger charge is -2.28. The Hall–Kier alpha value is -3.24. The van der Waals surface area contributed by atoms with Crippen LogP contribution in [0.15, 0.2) is 47.4 Å². The number of amides is 2. The molecular formula is C21H18FN3O5S. The molecule has 2 saturated heterocycles. The van der Waals surface area contributed by atoms with Gasteiger partial charge in [-0.25, -0.2) is 4.39 Å². The van der Waals surface area contributed by atoms with Gasteiger partial charge in [0.05, 0.1) is 29.6 Å². The van der Waals surface area contributed by atoms with Crippen LogP contribution in [0.1, 0.15) is 11.1 Å². The number of nitro groups is 1. The zero-order valence-electron chi connectivity index (χ0n) is 16.3. The van der Waals surface area contributed by atoms with Crippen molar-refractivity contribution >= 4 is 40.4 Å². The van der Waals surface area contributed by atoms with Crippen LogP contribution in [-0.4, -0.2) is 47.3 Å². The summed E-state index contributed by atoms with van der Waals surface area (Å²) in [6.07, 6.45) is 1.45. The number of hydrogen-bond acceptors (Lipinski definition) is 7. The van der Waals surface area contributed by atoms with Gasteiger partial charge in [-0.2, -0.15) is 0 Å². The quantitative estimate of drug-likeness (QED) is 0.394. The van der Waals surface area contributed by atoms with Crippen LogP contribution in [0.2, 0.25) is 0 Å². The smallest absolute Gasteiger partial charge is 0.293 e. The molecule has 8 nitrogen and oxygen atoms in total. The van der Waals surface area contributed by atoms with Gasteiger partial charge in [0.25, 0.3) is 16.8 Å². The maximum absolute atomic E-state index is 13.9. The van der Waals surface area contributed by atoms with Crippen LogP contribution in [0.25, 0.3) is 6.08 Å². The number of anilines is 1. The summed E-state index contributed by atoms with van der Waals surface area (Å²) >= 11 is 0.728. The Kier molecular flexibility index (Phi) is 6.01. The van der Waals surface area contributed by atoms with E-state index >= 15 is 0 Å². The average Bonchev–Trinajstić information content (AvgIpc) is 3.03. The molecule has 2 aliphatic rings. The number of thioether (sulfide) groups is 1. The number of imide groups is 1. The van der Waals surface area contributed by atoms with Crippen molar-refractivity contribution in [2.45, 2.75) is 6.54 Å². The molecule has 0 bridgehead atoms. The highest BCUT2D eigenvalue weighted by Gasteiger charge is 2.35. The lowest BCUT2D eigenvalue weighted by molar-refractivity contribution is -0.384. The van der Waals surface area contributed by atoms with Crippen molar-refractivity contribution in [2.24, 2.45) is 0 Å². The Morgan fingerprint density at radius 1 is 1.16 bits per heavy atom. The average molecular weight is 443 g/mol. The molecule has 2 aliphatic heterocycles. The van der Waals surface area contributed by atoms with Gasteiger partial charge in [-0.3, -0.25) is 24.6 Å². The standard InChI is InChI=1S/C21H18FN3O5S/c22-16-4-2-1-3-15(16)13-24-20(26)19(31-21(24)27)12-14-5-6-17(18(11-14)25(28)29)23-7-9-30-10-8-23/h1-6,11-12H,7-10,13H2/b19-12-. The molecule has 4 rings (SSSR count). The van der Waals surface area contributed by atoms with Crippen molar-refractivity contribution in [2.75, 3.05) is 31.2 Å². The topological polar surface area (TPSA) is 93.0 Å². The Morgan fingerprint density at radius 3 is 2.61 bits per heavy atom. The van der Waals surface area contributed by atoms with E-state index in [2.05, 4.69) is 0 Å². The third kappa shape index (κ3) is 4.44. The summed E-state index contributed by atoms with van der Waals surface area (Å²) in [6.45, 7) is 1.91. The number of rotatable bonds is 5. The van der Waals surface area contributed by atoms with E-state index in [1.165, 1.54) is 30.3 Å². The molecule has 2 aromatic rings. The number of nitrogens with zero attached hydrogens (tertiary/aromatic N) is 3. The number of hydrogen-bond donors (Lipinski definition) is 0. The number of carbonyl (C=O) groups is 2. The summed E-state index contributed by atoms with van der Waals surface area (Å²) in [5, 5.41) is 11.1. The molecule has 0 unspecified atom stereocenters. The van der Waals surface area contributed by atoms with E-state index in [1.54, 1.807) is 18.2 Å². The SMILES string of the molecule is O=C1S/C(=C\c2ccc(N3CCOCC3)c([N+](=O)[O-])c2)C(=O)N1Cc1ccccc1F. The van der Waals surface area contributed by atoms with Crippen LogP contribution in [0.5, 0.6) is 0 Å². The summed E-state index contributed by atoms with van der Waals surface area (Å²) in [4.78, 5) is 39.1. The molecule has 0 atom stereocenters. The summed E-state index contributed by atoms with van der Waals surface area (Å²) in [5.41, 5.74) is 1.07. The number of nitro benzene ring substituents is 1. The zero-order valence-corrected chi connectivity index (χ0v) is 17.1. The van der Waals surface area contributed by atoms with Gasteiger partial charge in [-0.15, -0.1) is 0 Å². The molecular weight excluding hydrogens is 425 g/mol. The normalized spacial score (nSPS) is 18.2. The fraction of sp³-hybridized carbons (Fsp3) is 0.238. The third-order valence-corrected chi connectivity index (χ3v) is 5.91. The summed E-state index contributed by atoms with van der Waals surface area (Å²) in [5.74, 6) is -1.06. The molecule has 0 radical (unpaired) electrons. The van der Waals surface area contributed by atoms with Crippen molar-refractivity contribution < 1.29 is 23.6 Å². The number of benzene rings is 2. The number of halogens is 1. The predicted octanol–water partition coefficient (Wildman–Crippen LogP) is 3.81. The Labute approximate surface area is 181 Å². The molecule has 31 heavy (non-hydrogen) atoms. The maximum atomic E-state index is 13.9. The number of morpholine rings is 1. The van der Waals surface area contributed by atoms with Crippen molar-refractivity contribution in [1.29, 1.82) is 0 Å². The fourth-order valence-corrected chi connectivity index (χ4v) is 4.27. The van der Waals surface area contributed by atoms with E-state index in [4.69, 9.17) is 4.74 Å². The second-order valence-corrected chi connectivity index (χ2v) is 7.96. The highest BCUT2D eigenvalue weighted by molar-refractivity contribution is 8.18. The molecule has 2 aromatic carbocycles. The van der Waals surface area contributed by atoms with E-state index in [0.29, 0.717) is 37.6 Å².